The van der Waals surface area contributed by atoms with Crippen molar-refractivity contribution in [1.29, 1.82) is 0 Å². The first-order chi connectivity index (χ1) is 15.0. The van der Waals surface area contributed by atoms with E-state index >= 15 is 0 Å². The summed E-state index contributed by atoms with van der Waals surface area (Å²) in [7, 11) is 0. The third kappa shape index (κ3) is 3.04. The summed E-state index contributed by atoms with van der Waals surface area (Å²) in [5.41, 5.74) is 1.10. The van der Waals surface area contributed by atoms with Crippen LogP contribution in [0.3, 0.4) is 0 Å². The third-order valence-electron chi connectivity index (χ3n) is 8.08. The lowest BCUT2D eigenvalue weighted by Crippen LogP contribution is -2.60. The van der Waals surface area contributed by atoms with Crippen molar-refractivity contribution in [2.45, 2.75) is 46.3 Å². The van der Waals surface area contributed by atoms with Gasteiger partial charge in [-0.1, -0.05) is 52.6 Å². The Labute approximate surface area is 204 Å². The molecule has 1 saturated heterocycles. The first-order valence-corrected chi connectivity index (χ1v) is 12.5. The number of piperidine rings is 1. The number of amides is 2. The van der Waals surface area contributed by atoms with Gasteiger partial charge in [0.1, 0.15) is 0 Å². The van der Waals surface area contributed by atoms with Crippen molar-refractivity contribution in [3.8, 4) is 0 Å². The molecule has 2 amide bonds. The van der Waals surface area contributed by atoms with Crippen LogP contribution in [0.25, 0.3) is 21.8 Å². The first-order valence-electron chi connectivity index (χ1n) is 11.0. The summed E-state index contributed by atoms with van der Waals surface area (Å²) >= 11 is 7.11. The van der Waals surface area contributed by atoms with Gasteiger partial charge in [-0.15, -0.1) is 0 Å². The van der Waals surface area contributed by atoms with Crippen LogP contribution in [0.2, 0.25) is 0 Å². The van der Waals surface area contributed by atoms with Crippen molar-refractivity contribution in [2.75, 3.05) is 6.54 Å². The summed E-state index contributed by atoms with van der Waals surface area (Å²) in [5.74, 6) is -0.445. The molecule has 1 aromatic heterocycles. The van der Waals surface area contributed by atoms with Gasteiger partial charge in [0.25, 0.3) is 0 Å². The summed E-state index contributed by atoms with van der Waals surface area (Å²) in [6.45, 7) is 6.36. The molecule has 5 rings (SSSR count). The average molecular weight is 562 g/mol. The van der Waals surface area contributed by atoms with Gasteiger partial charge in [-0.05, 0) is 54.7 Å². The monoisotopic (exact) mass is 560 g/mol. The molecule has 7 heteroatoms. The average Bonchev–Trinajstić information content (AvgIpc) is 3.12. The second-order valence-corrected chi connectivity index (χ2v) is 11.8. The van der Waals surface area contributed by atoms with Crippen LogP contribution in [-0.2, 0) is 16.1 Å². The third-order valence-corrected chi connectivity index (χ3v) is 9.07. The lowest BCUT2D eigenvalue weighted by atomic mass is 9.62. The molecule has 2 aliphatic rings. The zero-order valence-electron chi connectivity index (χ0n) is 18.4. The second kappa shape index (κ2) is 7.40. The van der Waals surface area contributed by atoms with Crippen LogP contribution in [0.15, 0.2) is 45.3 Å². The van der Waals surface area contributed by atoms with Crippen molar-refractivity contribution in [1.82, 2.24) is 9.47 Å². The minimum atomic E-state index is -0.863. The van der Waals surface area contributed by atoms with Crippen molar-refractivity contribution in [2.24, 2.45) is 16.7 Å². The number of hydrogen-bond donors (Lipinski definition) is 1. The predicted molar refractivity (Wildman–Crippen MR) is 132 cm³/mol. The predicted octanol–water partition coefficient (Wildman–Crippen LogP) is 5.49. The Morgan fingerprint density at radius 2 is 1.56 bits per heavy atom. The van der Waals surface area contributed by atoms with E-state index in [2.05, 4.69) is 48.6 Å². The highest BCUT2D eigenvalue weighted by Crippen LogP contribution is 2.60. The maximum atomic E-state index is 13.3. The molecule has 2 aromatic carbocycles. The van der Waals surface area contributed by atoms with Crippen molar-refractivity contribution in [3.63, 3.8) is 0 Å². The molecule has 0 spiro atoms. The zero-order valence-corrected chi connectivity index (χ0v) is 21.5. The molecule has 1 aliphatic carbocycles. The smallest absolute Gasteiger partial charge is 0.235 e. The lowest BCUT2D eigenvalue weighted by Gasteiger charge is -2.48. The number of aliphatic hydroxyl groups is 1. The van der Waals surface area contributed by atoms with E-state index in [-0.39, 0.29) is 29.7 Å². The van der Waals surface area contributed by atoms with E-state index in [9.17, 15) is 14.7 Å². The van der Waals surface area contributed by atoms with Gasteiger partial charge in [0.2, 0.25) is 11.8 Å². The number of rotatable bonds is 4. The zero-order chi connectivity index (χ0) is 23.0. The summed E-state index contributed by atoms with van der Waals surface area (Å²) in [5, 5.41) is 13.2. The molecule has 0 unspecified atom stereocenters. The standard InChI is InChI=1S/C25H26Br2N2O3/c1-24(2)19-8-9-25(24,3)23(32)29(22(19)31)13-16(30)12-28-20-6-4-14(26)10-17(20)18-11-15(27)5-7-21(18)28/h4-7,10-11,16,19,30H,8-9,12-13H2,1-3H3/t16-,19+,25-/m1/s1. The molecule has 3 aromatic rings. The molecular formula is C25H26Br2N2O3. The number of carbonyl (C=O) groups is 2. The van der Waals surface area contributed by atoms with Gasteiger partial charge < -0.3 is 9.67 Å². The number of nitrogens with zero attached hydrogens (tertiary/aromatic N) is 2. The van der Waals surface area contributed by atoms with Gasteiger partial charge in [-0.3, -0.25) is 14.5 Å². The SMILES string of the molecule is CC1(C)[C@H]2CC[C@]1(C)C(=O)N(C[C@H](O)Cn1c3ccc(Br)cc3c3cc(Br)ccc31)C2=O. The summed E-state index contributed by atoms with van der Waals surface area (Å²) in [6.07, 6.45) is 0.591. The number of aromatic nitrogens is 1. The molecule has 168 valence electrons. The van der Waals surface area contributed by atoms with Gasteiger partial charge >= 0.3 is 0 Å². The lowest BCUT2D eigenvalue weighted by molar-refractivity contribution is -0.169. The number of β-amino-alcohol motifs (C(OH)–C–C–N with tert-alkyl or cyclic N) is 1. The number of benzene rings is 2. The molecule has 3 atom stereocenters. The molecule has 2 bridgehead atoms. The molecule has 2 fully saturated rings. The van der Waals surface area contributed by atoms with Crippen LogP contribution in [0.5, 0.6) is 0 Å². The van der Waals surface area contributed by atoms with E-state index < -0.39 is 11.5 Å². The Morgan fingerprint density at radius 3 is 2.12 bits per heavy atom. The fourth-order valence-electron chi connectivity index (χ4n) is 5.80. The van der Waals surface area contributed by atoms with Crippen LogP contribution in [0.4, 0.5) is 0 Å². The second-order valence-electron chi connectivity index (χ2n) is 9.99. The Bertz CT molecular complexity index is 1220. The molecule has 32 heavy (non-hydrogen) atoms. The van der Waals surface area contributed by atoms with E-state index in [0.717, 1.165) is 43.6 Å². The van der Waals surface area contributed by atoms with Gasteiger partial charge in [-0.2, -0.15) is 0 Å². The Balaban J connectivity index is 1.48. The number of fused-ring (bicyclic) bond motifs is 5. The van der Waals surface area contributed by atoms with Crippen molar-refractivity contribution < 1.29 is 14.7 Å². The van der Waals surface area contributed by atoms with E-state index in [0.29, 0.717) is 6.54 Å². The van der Waals surface area contributed by atoms with E-state index in [4.69, 9.17) is 0 Å². The summed E-state index contributed by atoms with van der Waals surface area (Å²) < 4.78 is 4.05. The van der Waals surface area contributed by atoms with E-state index in [1.165, 1.54) is 4.90 Å². The Morgan fingerprint density at radius 1 is 1.00 bits per heavy atom. The van der Waals surface area contributed by atoms with E-state index in [1.807, 2.05) is 45.0 Å². The van der Waals surface area contributed by atoms with Crippen LogP contribution in [0, 0.1) is 16.7 Å². The van der Waals surface area contributed by atoms with Crippen molar-refractivity contribution in [3.05, 3.63) is 45.3 Å². The summed E-state index contributed by atoms with van der Waals surface area (Å²) in [4.78, 5) is 27.8. The molecule has 1 N–H and O–H groups in total. The number of imide groups is 1. The van der Waals surface area contributed by atoms with Gasteiger partial charge in [0.05, 0.1) is 24.6 Å². The maximum absolute atomic E-state index is 13.3. The topological polar surface area (TPSA) is 62.5 Å². The minimum Gasteiger partial charge on any atom is -0.389 e. The fraction of sp³-hybridized carbons (Fsp3) is 0.440. The minimum absolute atomic E-state index is 0.0219. The Hall–Kier alpha value is -1.70. The quantitative estimate of drug-likeness (QED) is 0.428. The Kier molecular flexibility index (Phi) is 5.12. The van der Waals surface area contributed by atoms with Crippen LogP contribution >= 0.6 is 31.9 Å². The molecule has 2 heterocycles. The highest BCUT2D eigenvalue weighted by Gasteiger charge is 2.64. The molecule has 1 aliphatic heterocycles. The number of aliphatic hydroxyl groups excluding tert-OH is 1. The van der Waals surface area contributed by atoms with Crippen molar-refractivity contribution >= 4 is 65.5 Å². The maximum Gasteiger partial charge on any atom is 0.235 e. The molecule has 0 radical (unpaired) electrons. The molecular weight excluding hydrogens is 536 g/mol. The van der Waals surface area contributed by atoms with Gasteiger partial charge in [-0.25, -0.2) is 0 Å². The van der Waals surface area contributed by atoms with Gasteiger partial charge in [0, 0.05) is 36.7 Å². The van der Waals surface area contributed by atoms with Gasteiger partial charge in [0.15, 0.2) is 0 Å². The summed E-state index contributed by atoms with van der Waals surface area (Å²) in [6, 6.07) is 12.2. The highest BCUT2D eigenvalue weighted by molar-refractivity contribution is 9.10. The number of hydrogen-bond acceptors (Lipinski definition) is 3. The van der Waals surface area contributed by atoms with E-state index in [1.54, 1.807) is 0 Å². The number of carbonyl (C=O) groups excluding carboxylic acids is 2. The largest absolute Gasteiger partial charge is 0.389 e. The first kappa shape index (κ1) is 22.1. The number of halogens is 2. The van der Waals surface area contributed by atoms with Crippen LogP contribution in [0.1, 0.15) is 33.6 Å². The highest BCUT2D eigenvalue weighted by atomic mass is 79.9. The normalized spacial score (nSPS) is 25.8. The van der Waals surface area contributed by atoms with Crippen LogP contribution < -0.4 is 0 Å². The fourth-order valence-corrected chi connectivity index (χ4v) is 6.52. The number of likely N-dealkylation sites (tertiary alicyclic amines) is 1. The van der Waals surface area contributed by atoms with Crippen LogP contribution in [-0.4, -0.2) is 39.0 Å². The molecule has 5 nitrogen and oxygen atoms in total. The molecule has 1 saturated carbocycles.